The van der Waals surface area contributed by atoms with Crippen LogP contribution in [0.5, 0.6) is 0 Å². The monoisotopic (exact) mass is 365 g/mol. The van der Waals surface area contributed by atoms with Gasteiger partial charge in [-0.05, 0) is 31.4 Å². The lowest BCUT2D eigenvalue weighted by atomic mass is 9.95. The molecule has 6 heteroatoms. The number of hydrogen-bond acceptors (Lipinski definition) is 5. The van der Waals surface area contributed by atoms with Gasteiger partial charge in [0.25, 0.3) is 0 Å². The van der Waals surface area contributed by atoms with Crippen LogP contribution in [-0.2, 0) is 4.79 Å². The number of carbonyl (C=O) groups excluding carboxylic acids is 1. The molecule has 4 rings (SSSR count). The van der Waals surface area contributed by atoms with Gasteiger partial charge in [-0.25, -0.2) is 4.98 Å². The standard InChI is InChI=1S/C21H27N5O/c1-17-4-2-3-5-19(17)24-12-14-26(15-13-24)21(27)18-6-10-25(11-7-18)20-16-22-8-9-23-20/h2-5,8-9,16,18H,6-7,10-15H2,1H3. The molecule has 0 unspecified atom stereocenters. The number of amides is 1. The van der Waals surface area contributed by atoms with E-state index in [0.717, 1.165) is 57.9 Å². The zero-order valence-electron chi connectivity index (χ0n) is 15.9. The number of anilines is 2. The Labute approximate surface area is 160 Å². The van der Waals surface area contributed by atoms with E-state index >= 15 is 0 Å². The highest BCUT2D eigenvalue weighted by Crippen LogP contribution is 2.25. The quantitative estimate of drug-likeness (QED) is 0.836. The van der Waals surface area contributed by atoms with Crippen molar-refractivity contribution in [2.75, 3.05) is 49.1 Å². The third kappa shape index (κ3) is 3.89. The molecule has 6 nitrogen and oxygen atoms in total. The van der Waals surface area contributed by atoms with Gasteiger partial charge < -0.3 is 14.7 Å². The van der Waals surface area contributed by atoms with Crippen molar-refractivity contribution in [3.8, 4) is 0 Å². The molecule has 1 aromatic heterocycles. The summed E-state index contributed by atoms with van der Waals surface area (Å²) in [6, 6.07) is 8.49. The topological polar surface area (TPSA) is 52.6 Å². The maximum atomic E-state index is 13.0. The Kier molecular flexibility index (Phi) is 5.23. The lowest BCUT2D eigenvalue weighted by Crippen LogP contribution is -2.51. The molecule has 0 saturated carbocycles. The van der Waals surface area contributed by atoms with Gasteiger partial charge in [-0.3, -0.25) is 9.78 Å². The number of rotatable bonds is 3. The molecule has 0 aliphatic carbocycles. The zero-order chi connectivity index (χ0) is 18.6. The smallest absolute Gasteiger partial charge is 0.225 e. The fourth-order valence-electron chi connectivity index (χ4n) is 4.15. The summed E-state index contributed by atoms with van der Waals surface area (Å²) in [5, 5.41) is 0. The summed E-state index contributed by atoms with van der Waals surface area (Å²) in [6.07, 6.45) is 7.00. The predicted molar refractivity (Wildman–Crippen MR) is 107 cm³/mol. The first-order valence-electron chi connectivity index (χ1n) is 9.83. The van der Waals surface area contributed by atoms with E-state index in [2.05, 4.69) is 55.9 Å². The Morgan fingerprint density at radius 3 is 2.37 bits per heavy atom. The van der Waals surface area contributed by atoms with Crippen LogP contribution in [0.3, 0.4) is 0 Å². The minimum absolute atomic E-state index is 0.142. The summed E-state index contributed by atoms with van der Waals surface area (Å²) in [7, 11) is 0. The van der Waals surface area contributed by atoms with Crippen LogP contribution in [0.2, 0.25) is 0 Å². The van der Waals surface area contributed by atoms with Crippen molar-refractivity contribution in [1.29, 1.82) is 0 Å². The fourth-order valence-corrected chi connectivity index (χ4v) is 4.15. The van der Waals surface area contributed by atoms with Gasteiger partial charge in [-0.15, -0.1) is 0 Å². The number of piperazine rings is 1. The minimum atomic E-state index is 0.142. The molecule has 2 aromatic rings. The lowest BCUT2D eigenvalue weighted by molar-refractivity contribution is -0.136. The van der Waals surface area contributed by atoms with Crippen LogP contribution in [0.1, 0.15) is 18.4 Å². The van der Waals surface area contributed by atoms with Gasteiger partial charge in [-0.1, -0.05) is 18.2 Å². The van der Waals surface area contributed by atoms with Gasteiger partial charge >= 0.3 is 0 Å². The molecule has 2 saturated heterocycles. The number of aromatic nitrogens is 2. The Morgan fingerprint density at radius 1 is 0.963 bits per heavy atom. The Morgan fingerprint density at radius 2 is 1.70 bits per heavy atom. The fraction of sp³-hybridized carbons (Fsp3) is 0.476. The van der Waals surface area contributed by atoms with E-state index < -0.39 is 0 Å². The molecular formula is C21H27N5O. The highest BCUT2D eigenvalue weighted by molar-refractivity contribution is 5.79. The van der Waals surface area contributed by atoms with Crippen LogP contribution < -0.4 is 9.80 Å². The van der Waals surface area contributed by atoms with E-state index in [1.807, 2.05) is 0 Å². The zero-order valence-corrected chi connectivity index (χ0v) is 15.9. The molecule has 2 aliphatic heterocycles. The average Bonchev–Trinajstić information content (AvgIpc) is 2.74. The van der Waals surface area contributed by atoms with Gasteiger partial charge in [-0.2, -0.15) is 0 Å². The van der Waals surface area contributed by atoms with Gasteiger partial charge in [0, 0.05) is 63.3 Å². The SMILES string of the molecule is Cc1ccccc1N1CCN(C(=O)C2CCN(c3cnccn3)CC2)CC1. The second-order valence-corrected chi connectivity index (χ2v) is 7.42. The number of nitrogens with zero attached hydrogens (tertiary/aromatic N) is 5. The van der Waals surface area contributed by atoms with Crippen molar-refractivity contribution in [1.82, 2.24) is 14.9 Å². The molecule has 0 atom stereocenters. The first-order valence-corrected chi connectivity index (χ1v) is 9.83. The molecule has 0 bridgehead atoms. The van der Waals surface area contributed by atoms with Crippen molar-refractivity contribution >= 4 is 17.4 Å². The molecule has 3 heterocycles. The number of piperidine rings is 1. The number of aryl methyl sites for hydroxylation is 1. The maximum absolute atomic E-state index is 13.0. The van der Waals surface area contributed by atoms with Crippen LogP contribution in [0.4, 0.5) is 11.5 Å². The van der Waals surface area contributed by atoms with Crippen molar-refractivity contribution in [3.05, 3.63) is 48.4 Å². The Bertz CT molecular complexity index is 765. The Balaban J connectivity index is 1.29. The van der Waals surface area contributed by atoms with Crippen molar-refractivity contribution < 1.29 is 4.79 Å². The molecule has 1 aromatic carbocycles. The molecular weight excluding hydrogens is 338 g/mol. The lowest BCUT2D eigenvalue weighted by Gasteiger charge is -2.39. The molecule has 142 valence electrons. The summed E-state index contributed by atoms with van der Waals surface area (Å²) >= 11 is 0. The summed E-state index contributed by atoms with van der Waals surface area (Å²) < 4.78 is 0. The average molecular weight is 365 g/mol. The third-order valence-electron chi connectivity index (χ3n) is 5.77. The van der Waals surface area contributed by atoms with E-state index in [1.165, 1.54) is 11.3 Å². The van der Waals surface area contributed by atoms with E-state index in [4.69, 9.17) is 0 Å². The van der Waals surface area contributed by atoms with Gasteiger partial charge in [0.2, 0.25) is 5.91 Å². The van der Waals surface area contributed by atoms with Crippen molar-refractivity contribution in [2.24, 2.45) is 5.92 Å². The first-order chi connectivity index (χ1) is 13.2. The van der Waals surface area contributed by atoms with Gasteiger partial charge in [0.15, 0.2) is 0 Å². The van der Waals surface area contributed by atoms with Crippen LogP contribution in [-0.4, -0.2) is 60.0 Å². The largest absolute Gasteiger partial charge is 0.368 e. The third-order valence-corrected chi connectivity index (χ3v) is 5.77. The highest BCUT2D eigenvalue weighted by atomic mass is 16.2. The van der Waals surface area contributed by atoms with Crippen LogP contribution in [0.15, 0.2) is 42.9 Å². The Hall–Kier alpha value is -2.63. The first kappa shape index (κ1) is 17.8. The molecule has 27 heavy (non-hydrogen) atoms. The molecule has 0 spiro atoms. The second-order valence-electron chi connectivity index (χ2n) is 7.42. The van der Waals surface area contributed by atoms with E-state index in [1.54, 1.807) is 18.6 Å². The number of hydrogen-bond donors (Lipinski definition) is 0. The number of carbonyl (C=O) groups is 1. The van der Waals surface area contributed by atoms with E-state index in [-0.39, 0.29) is 5.92 Å². The summed E-state index contributed by atoms with van der Waals surface area (Å²) in [4.78, 5) is 28.2. The number of para-hydroxylation sites is 1. The number of benzene rings is 1. The molecule has 0 N–H and O–H groups in total. The molecule has 0 radical (unpaired) electrons. The molecule has 2 aliphatic rings. The maximum Gasteiger partial charge on any atom is 0.225 e. The van der Waals surface area contributed by atoms with Crippen LogP contribution in [0.25, 0.3) is 0 Å². The van der Waals surface area contributed by atoms with Crippen LogP contribution >= 0.6 is 0 Å². The summed E-state index contributed by atoms with van der Waals surface area (Å²) in [6.45, 7) is 7.35. The van der Waals surface area contributed by atoms with Crippen LogP contribution in [0, 0.1) is 12.8 Å². The van der Waals surface area contributed by atoms with E-state index in [0.29, 0.717) is 5.91 Å². The predicted octanol–water partition coefficient (Wildman–Crippen LogP) is 2.35. The summed E-state index contributed by atoms with van der Waals surface area (Å²) in [5.41, 5.74) is 2.59. The minimum Gasteiger partial charge on any atom is -0.368 e. The summed E-state index contributed by atoms with van der Waals surface area (Å²) in [5.74, 6) is 1.39. The van der Waals surface area contributed by atoms with Gasteiger partial charge in [0.1, 0.15) is 5.82 Å². The van der Waals surface area contributed by atoms with E-state index in [9.17, 15) is 4.79 Å². The molecule has 1 amide bonds. The van der Waals surface area contributed by atoms with Gasteiger partial charge in [0.05, 0.1) is 6.20 Å². The van der Waals surface area contributed by atoms with Crippen molar-refractivity contribution in [3.63, 3.8) is 0 Å². The second kappa shape index (κ2) is 7.94. The highest BCUT2D eigenvalue weighted by Gasteiger charge is 2.31. The molecule has 2 fully saturated rings. The normalized spacial score (nSPS) is 18.6. The van der Waals surface area contributed by atoms with Crippen molar-refractivity contribution in [2.45, 2.75) is 19.8 Å².